The van der Waals surface area contributed by atoms with Crippen LogP contribution in [0.2, 0.25) is 0 Å². The Labute approximate surface area is 134 Å². The number of thiazole rings is 1. The van der Waals surface area contributed by atoms with Gasteiger partial charge in [-0.15, -0.1) is 11.3 Å². The lowest BCUT2D eigenvalue weighted by Gasteiger charge is -2.21. The first-order valence-corrected chi connectivity index (χ1v) is 7.53. The summed E-state index contributed by atoms with van der Waals surface area (Å²) < 4.78 is 43.0. The lowest BCUT2D eigenvalue weighted by Crippen LogP contribution is -2.21. The predicted octanol–water partition coefficient (Wildman–Crippen LogP) is 3.95. The molecule has 2 aromatic heterocycles. The molecule has 1 N–H and O–H groups in total. The van der Waals surface area contributed by atoms with Crippen molar-refractivity contribution in [1.29, 1.82) is 0 Å². The number of nitrogens with zero attached hydrogens (tertiary/aromatic N) is 2. The first kappa shape index (κ1) is 17.5. The summed E-state index contributed by atoms with van der Waals surface area (Å²) >= 11 is 0.933. The molecule has 23 heavy (non-hydrogen) atoms. The van der Waals surface area contributed by atoms with E-state index in [1.54, 1.807) is 31.9 Å². The van der Waals surface area contributed by atoms with Gasteiger partial charge in [-0.05, 0) is 27.0 Å². The fourth-order valence-electron chi connectivity index (χ4n) is 2.01. The molecule has 0 aliphatic carbocycles. The quantitative estimate of drug-likeness (QED) is 0.886. The van der Waals surface area contributed by atoms with Crippen LogP contribution in [0.4, 0.5) is 13.2 Å². The van der Waals surface area contributed by atoms with Gasteiger partial charge in [-0.25, -0.2) is 9.78 Å². The molecule has 0 spiro atoms. The zero-order chi connectivity index (χ0) is 17.4. The molecule has 0 aliphatic rings. The molecule has 1 unspecified atom stereocenters. The van der Waals surface area contributed by atoms with E-state index in [1.807, 2.05) is 0 Å². The number of aryl methyl sites for hydroxylation is 1. The second-order valence-corrected chi connectivity index (χ2v) is 6.12. The topological polar surface area (TPSA) is 66.6 Å². The van der Waals surface area contributed by atoms with E-state index in [2.05, 4.69) is 4.98 Å². The number of carbonyl (C=O) groups is 1. The van der Waals surface area contributed by atoms with Gasteiger partial charge in [0, 0.05) is 10.9 Å². The summed E-state index contributed by atoms with van der Waals surface area (Å²) in [5.41, 5.74) is -0.401. The second kappa shape index (κ2) is 6.32. The van der Waals surface area contributed by atoms with E-state index in [0.29, 0.717) is 16.3 Å². The van der Waals surface area contributed by atoms with Crippen LogP contribution in [0.15, 0.2) is 15.9 Å². The summed E-state index contributed by atoms with van der Waals surface area (Å²) in [6.07, 6.45) is -4.45. The lowest BCUT2D eigenvalue weighted by molar-refractivity contribution is -0.140. The molecule has 5 nitrogen and oxygen atoms in total. The molecule has 0 aliphatic heterocycles. The minimum Gasteiger partial charge on any atom is -0.475 e. The van der Waals surface area contributed by atoms with Crippen molar-refractivity contribution in [3.63, 3.8) is 0 Å². The number of furan rings is 1. The maximum absolute atomic E-state index is 12.5. The summed E-state index contributed by atoms with van der Waals surface area (Å²) in [5, 5.41) is 10.3. The fourth-order valence-corrected chi connectivity index (χ4v) is 2.87. The van der Waals surface area contributed by atoms with Gasteiger partial charge in [0.2, 0.25) is 5.76 Å². The molecule has 0 bridgehead atoms. The SMILES string of the molecule is Cc1cc(C(C)N(C)Cc2nc(C(F)(F)F)cs2)oc1C(=O)O. The smallest absolute Gasteiger partial charge is 0.434 e. The third-order valence-corrected chi connectivity index (χ3v) is 4.26. The average molecular weight is 348 g/mol. The molecule has 2 aromatic rings. The first-order chi connectivity index (χ1) is 10.6. The molecule has 0 fully saturated rings. The lowest BCUT2D eigenvalue weighted by atomic mass is 10.2. The molecule has 0 saturated carbocycles. The minimum absolute atomic E-state index is 0.131. The third-order valence-electron chi connectivity index (χ3n) is 3.43. The number of halogens is 3. The summed E-state index contributed by atoms with van der Waals surface area (Å²) in [6.45, 7) is 3.60. The molecule has 126 valence electrons. The zero-order valence-electron chi connectivity index (χ0n) is 12.6. The maximum atomic E-state index is 12.5. The van der Waals surface area contributed by atoms with E-state index >= 15 is 0 Å². The molecule has 2 rings (SSSR count). The molecular weight excluding hydrogens is 333 g/mol. The normalized spacial score (nSPS) is 13.5. The van der Waals surface area contributed by atoms with Gasteiger partial charge in [-0.2, -0.15) is 13.2 Å². The standard InChI is InChI=1S/C14H15F3N2O3S/c1-7-4-9(22-12(7)13(20)21)8(2)19(3)5-11-18-10(6-23-11)14(15,16)17/h4,6,8H,5H2,1-3H3,(H,20,21). The Hall–Kier alpha value is -1.87. The van der Waals surface area contributed by atoms with Crippen LogP contribution in [0.25, 0.3) is 0 Å². The number of carboxylic acid groups (broad SMARTS) is 1. The van der Waals surface area contributed by atoms with Crippen LogP contribution in [0, 0.1) is 6.92 Å². The first-order valence-electron chi connectivity index (χ1n) is 6.65. The van der Waals surface area contributed by atoms with Crippen molar-refractivity contribution in [3.05, 3.63) is 39.2 Å². The summed E-state index contributed by atoms with van der Waals surface area (Å²) in [7, 11) is 1.71. The van der Waals surface area contributed by atoms with E-state index in [9.17, 15) is 18.0 Å². The van der Waals surface area contributed by atoms with Gasteiger partial charge in [0.1, 0.15) is 10.8 Å². The van der Waals surface area contributed by atoms with Crippen LogP contribution >= 0.6 is 11.3 Å². The van der Waals surface area contributed by atoms with Gasteiger partial charge in [0.05, 0.1) is 12.6 Å². The second-order valence-electron chi connectivity index (χ2n) is 5.18. The van der Waals surface area contributed by atoms with Crippen molar-refractivity contribution in [2.45, 2.75) is 32.6 Å². The van der Waals surface area contributed by atoms with Crippen molar-refractivity contribution < 1.29 is 27.5 Å². The molecule has 2 heterocycles. The Kier molecular flexibility index (Phi) is 4.81. The van der Waals surface area contributed by atoms with Crippen LogP contribution in [0.3, 0.4) is 0 Å². The highest BCUT2D eigenvalue weighted by atomic mass is 32.1. The Morgan fingerprint density at radius 3 is 2.65 bits per heavy atom. The van der Waals surface area contributed by atoms with E-state index in [4.69, 9.17) is 9.52 Å². The van der Waals surface area contributed by atoms with E-state index in [-0.39, 0.29) is 18.3 Å². The number of alkyl halides is 3. The van der Waals surface area contributed by atoms with Crippen molar-refractivity contribution >= 4 is 17.3 Å². The van der Waals surface area contributed by atoms with E-state index < -0.39 is 17.8 Å². The highest BCUT2D eigenvalue weighted by molar-refractivity contribution is 7.09. The maximum Gasteiger partial charge on any atom is 0.434 e. The van der Waals surface area contributed by atoms with Crippen LogP contribution in [-0.2, 0) is 12.7 Å². The fraction of sp³-hybridized carbons (Fsp3) is 0.429. The van der Waals surface area contributed by atoms with Gasteiger partial charge < -0.3 is 9.52 Å². The summed E-state index contributed by atoms with van der Waals surface area (Å²) in [5.74, 6) is -0.845. The molecular formula is C14H15F3N2O3S. The molecule has 1 atom stereocenters. The van der Waals surface area contributed by atoms with Crippen molar-refractivity contribution in [3.8, 4) is 0 Å². The van der Waals surface area contributed by atoms with Gasteiger partial charge in [0.15, 0.2) is 5.69 Å². The van der Waals surface area contributed by atoms with Gasteiger partial charge in [-0.1, -0.05) is 0 Å². The number of hydrogen-bond acceptors (Lipinski definition) is 5. The molecule has 0 aromatic carbocycles. The zero-order valence-corrected chi connectivity index (χ0v) is 13.5. The largest absolute Gasteiger partial charge is 0.475 e. The van der Waals surface area contributed by atoms with Crippen molar-refractivity contribution in [1.82, 2.24) is 9.88 Å². The van der Waals surface area contributed by atoms with E-state index in [1.165, 1.54) is 0 Å². The Balaban J connectivity index is 2.11. The average Bonchev–Trinajstić information content (AvgIpc) is 3.03. The van der Waals surface area contributed by atoms with Crippen LogP contribution < -0.4 is 0 Å². The monoisotopic (exact) mass is 348 g/mol. The third kappa shape index (κ3) is 3.91. The molecule has 0 radical (unpaired) electrons. The number of aromatic nitrogens is 1. The van der Waals surface area contributed by atoms with Crippen LogP contribution in [0.5, 0.6) is 0 Å². The minimum atomic E-state index is -4.45. The Morgan fingerprint density at radius 2 is 2.17 bits per heavy atom. The predicted molar refractivity (Wildman–Crippen MR) is 77.4 cm³/mol. The molecule has 0 saturated heterocycles. The van der Waals surface area contributed by atoms with Crippen molar-refractivity contribution in [2.24, 2.45) is 0 Å². The van der Waals surface area contributed by atoms with Gasteiger partial charge >= 0.3 is 12.1 Å². The molecule has 0 amide bonds. The van der Waals surface area contributed by atoms with Gasteiger partial charge in [0.25, 0.3) is 0 Å². The highest BCUT2D eigenvalue weighted by Gasteiger charge is 2.34. The number of carboxylic acids is 1. The van der Waals surface area contributed by atoms with Crippen molar-refractivity contribution in [2.75, 3.05) is 7.05 Å². The Morgan fingerprint density at radius 1 is 1.52 bits per heavy atom. The summed E-state index contributed by atoms with van der Waals surface area (Å²) in [6, 6.07) is 1.31. The van der Waals surface area contributed by atoms with Gasteiger partial charge in [-0.3, -0.25) is 4.90 Å². The summed E-state index contributed by atoms with van der Waals surface area (Å²) in [4.78, 5) is 16.3. The van der Waals surface area contributed by atoms with E-state index in [0.717, 1.165) is 16.7 Å². The van der Waals surface area contributed by atoms with Crippen LogP contribution in [-0.4, -0.2) is 28.0 Å². The number of hydrogen-bond donors (Lipinski definition) is 1. The number of rotatable bonds is 5. The Bertz CT molecular complexity index is 708. The highest BCUT2D eigenvalue weighted by Crippen LogP contribution is 2.31. The van der Waals surface area contributed by atoms with Crippen LogP contribution in [0.1, 0.15) is 45.5 Å². The molecule has 9 heteroatoms. The number of aromatic carboxylic acids is 1.